The summed E-state index contributed by atoms with van der Waals surface area (Å²) in [5.41, 5.74) is 9.09. The van der Waals surface area contributed by atoms with Crippen molar-refractivity contribution in [2.45, 2.75) is 19.1 Å². The van der Waals surface area contributed by atoms with Gasteiger partial charge in [-0.2, -0.15) is 0 Å². The number of ether oxygens (including phenoxy) is 1. The molecule has 0 spiro atoms. The van der Waals surface area contributed by atoms with Gasteiger partial charge in [0, 0.05) is 11.1 Å². The minimum atomic E-state index is -1.08. The molecule has 3 N–H and O–H groups in total. The second kappa shape index (κ2) is 9.24. The van der Waals surface area contributed by atoms with Crippen LogP contribution >= 0.6 is 34.5 Å². The molecule has 0 aliphatic carbocycles. The van der Waals surface area contributed by atoms with Crippen molar-refractivity contribution in [3.63, 3.8) is 0 Å². The predicted octanol–water partition coefficient (Wildman–Crippen LogP) is 5.80. The Morgan fingerprint density at radius 3 is 2.48 bits per heavy atom. The summed E-state index contributed by atoms with van der Waals surface area (Å²) in [5.74, 6) is -0.745. The van der Waals surface area contributed by atoms with Gasteiger partial charge in [-0.3, -0.25) is 4.79 Å². The average Bonchev–Trinajstić information content (AvgIpc) is 3.19. The lowest BCUT2D eigenvalue weighted by Crippen LogP contribution is -2.32. The van der Waals surface area contributed by atoms with E-state index in [2.05, 4.69) is 0 Å². The Kier molecular flexibility index (Phi) is 6.43. The van der Waals surface area contributed by atoms with Crippen LogP contribution in [0.1, 0.15) is 11.1 Å². The lowest BCUT2D eigenvalue weighted by molar-refractivity contribution is -0.138. The van der Waals surface area contributed by atoms with E-state index in [-0.39, 0.29) is 13.0 Å². The number of hydrogen-bond donors (Lipinski definition) is 2. The van der Waals surface area contributed by atoms with Crippen molar-refractivity contribution in [3.05, 3.63) is 81.8 Å². The molecular weight excluding hydrogens is 455 g/mol. The number of thiazole rings is 1. The Morgan fingerprint density at radius 1 is 1.10 bits per heavy atom. The van der Waals surface area contributed by atoms with Crippen molar-refractivity contribution in [2.24, 2.45) is 5.73 Å². The highest BCUT2D eigenvalue weighted by atomic mass is 35.5. The third-order valence-corrected chi connectivity index (χ3v) is 6.36. The molecule has 0 radical (unpaired) electrons. The number of carboxylic acid groups (broad SMARTS) is 1. The zero-order chi connectivity index (χ0) is 22.0. The van der Waals surface area contributed by atoms with Crippen LogP contribution in [0.25, 0.3) is 20.8 Å². The summed E-state index contributed by atoms with van der Waals surface area (Å²) < 4.78 is 7.00. The molecule has 31 heavy (non-hydrogen) atoms. The minimum absolute atomic E-state index is 0.120. The van der Waals surface area contributed by atoms with Gasteiger partial charge in [0.2, 0.25) is 0 Å². The van der Waals surface area contributed by atoms with Crippen LogP contribution in [0.2, 0.25) is 10.0 Å². The Hall–Kier alpha value is -2.64. The predicted molar refractivity (Wildman–Crippen MR) is 125 cm³/mol. The van der Waals surface area contributed by atoms with Crippen molar-refractivity contribution in [2.75, 3.05) is 0 Å². The molecule has 8 heteroatoms. The van der Waals surface area contributed by atoms with Gasteiger partial charge in [0.25, 0.3) is 0 Å². The number of fused-ring (bicyclic) bond motifs is 1. The number of hydrogen-bond acceptors (Lipinski definition) is 5. The van der Waals surface area contributed by atoms with Crippen LogP contribution < -0.4 is 10.5 Å². The number of halogens is 2. The van der Waals surface area contributed by atoms with Crippen molar-refractivity contribution < 1.29 is 14.6 Å². The fourth-order valence-corrected chi connectivity index (χ4v) is 4.85. The summed E-state index contributed by atoms with van der Waals surface area (Å²) in [6.07, 6.45) is 0.120. The molecular formula is C23H18Cl2N2O3S. The first-order chi connectivity index (χ1) is 14.9. The van der Waals surface area contributed by atoms with Crippen LogP contribution in [-0.2, 0) is 17.8 Å². The molecule has 1 heterocycles. The third-order valence-electron chi connectivity index (χ3n) is 4.73. The van der Waals surface area contributed by atoms with E-state index in [9.17, 15) is 4.79 Å². The maximum absolute atomic E-state index is 11.0. The molecule has 1 unspecified atom stereocenters. The first-order valence-corrected chi connectivity index (χ1v) is 11.0. The number of rotatable bonds is 7. The molecule has 0 aliphatic rings. The summed E-state index contributed by atoms with van der Waals surface area (Å²) >= 11 is 14.3. The standard InChI is InChI=1S/C23H18Cl2N2O3S/c24-16-9-13(11-18(26)23(28)29)10-17(25)21(16)30-12-15-7-4-8-19-20(15)27-22(31-19)14-5-2-1-3-6-14/h1-10,18H,11-12,26H2,(H,28,29). The number of aromatic nitrogens is 1. The number of para-hydroxylation sites is 1. The average molecular weight is 473 g/mol. The summed E-state index contributed by atoms with van der Waals surface area (Å²) in [7, 11) is 0. The lowest BCUT2D eigenvalue weighted by Gasteiger charge is -2.13. The maximum Gasteiger partial charge on any atom is 0.320 e. The van der Waals surface area contributed by atoms with Crippen molar-refractivity contribution in [1.82, 2.24) is 4.98 Å². The minimum Gasteiger partial charge on any atom is -0.486 e. The Bertz CT molecular complexity index is 1220. The van der Waals surface area contributed by atoms with Crippen LogP contribution in [0.5, 0.6) is 5.75 Å². The van der Waals surface area contributed by atoms with E-state index in [1.165, 1.54) is 0 Å². The fraction of sp³-hybridized carbons (Fsp3) is 0.130. The van der Waals surface area contributed by atoms with Crippen LogP contribution in [0.15, 0.2) is 60.7 Å². The monoisotopic (exact) mass is 472 g/mol. The van der Waals surface area contributed by atoms with Crippen LogP contribution in [-0.4, -0.2) is 22.1 Å². The van der Waals surface area contributed by atoms with E-state index < -0.39 is 12.0 Å². The van der Waals surface area contributed by atoms with Gasteiger partial charge in [0.05, 0.1) is 20.3 Å². The van der Waals surface area contributed by atoms with Crippen LogP contribution in [0, 0.1) is 0 Å². The summed E-state index contributed by atoms with van der Waals surface area (Å²) in [6.45, 7) is 0.239. The normalized spacial score (nSPS) is 12.1. The van der Waals surface area contributed by atoms with Crippen LogP contribution in [0.4, 0.5) is 0 Å². The van der Waals surface area contributed by atoms with Crippen molar-refractivity contribution in [3.8, 4) is 16.3 Å². The van der Waals surface area contributed by atoms with Gasteiger partial charge in [0.15, 0.2) is 5.75 Å². The number of carbonyl (C=O) groups is 1. The first-order valence-electron chi connectivity index (χ1n) is 9.45. The third kappa shape index (κ3) is 4.83. The molecule has 4 rings (SSSR count). The molecule has 1 atom stereocenters. The lowest BCUT2D eigenvalue weighted by atomic mass is 10.1. The smallest absolute Gasteiger partial charge is 0.320 e. The zero-order valence-electron chi connectivity index (χ0n) is 16.2. The topological polar surface area (TPSA) is 85.4 Å². The molecule has 0 saturated carbocycles. The van der Waals surface area contributed by atoms with E-state index in [0.29, 0.717) is 21.4 Å². The fourth-order valence-electron chi connectivity index (χ4n) is 3.19. The summed E-state index contributed by atoms with van der Waals surface area (Å²) in [5, 5.41) is 10.5. The quantitative estimate of drug-likeness (QED) is 0.354. The van der Waals surface area contributed by atoms with E-state index in [4.69, 9.17) is 43.8 Å². The second-order valence-corrected chi connectivity index (χ2v) is 8.82. The zero-order valence-corrected chi connectivity index (χ0v) is 18.5. The van der Waals surface area contributed by atoms with Gasteiger partial charge in [-0.25, -0.2) is 4.98 Å². The summed E-state index contributed by atoms with van der Waals surface area (Å²) in [6, 6.07) is 18.2. The number of aliphatic carboxylic acids is 1. The van der Waals surface area contributed by atoms with E-state index in [0.717, 1.165) is 26.4 Å². The first kappa shape index (κ1) is 21.6. The van der Waals surface area contributed by atoms with Gasteiger partial charge >= 0.3 is 5.97 Å². The molecule has 3 aromatic carbocycles. The second-order valence-electron chi connectivity index (χ2n) is 6.98. The number of nitrogens with zero attached hydrogens (tertiary/aromatic N) is 1. The van der Waals surface area contributed by atoms with Gasteiger partial charge < -0.3 is 15.6 Å². The van der Waals surface area contributed by atoms with Crippen molar-refractivity contribution >= 4 is 50.7 Å². The molecule has 5 nitrogen and oxygen atoms in total. The Labute approximate surface area is 193 Å². The summed E-state index contributed by atoms with van der Waals surface area (Å²) in [4.78, 5) is 15.8. The molecule has 0 saturated heterocycles. The highest BCUT2D eigenvalue weighted by molar-refractivity contribution is 7.21. The maximum atomic E-state index is 11.0. The molecule has 158 valence electrons. The van der Waals surface area contributed by atoms with Crippen LogP contribution in [0.3, 0.4) is 0 Å². The van der Waals surface area contributed by atoms with E-state index in [1.807, 2.05) is 48.5 Å². The number of carboxylic acids is 1. The molecule has 0 bridgehead atoms. The molecule has 0 fully saturated rings. The highest BCUT2D eigenvalue weighted by Gasteiger charge is 2.17. The molecule has 4 aromatic rings. The number of nitrogens with two attached hydrogens (primary N) is 1. The number of benzene rings is 3. The van der Waals surface area contributed by atoms with Gasteiger partial charge in [0.1, 0.15) is 17.7 Å². The van der Waals surface area contributed by atoms with Gasteiger partial charge in [-0.15, -0.1) is 11.3 Å². The van der Waals surface area contributed by atoms with Gasteiger partial charge in [-0.1, -0.05) is 65.7 Å². The Balaban J connectivity index is 1.57. The van der Waals surface area contributed by atoms with E-state index in [1.54, 1.807) is 23.5 Å². The molecule has 0 amide bonds. The largest absolute Gasteiger partial charge is 0.486 e. The van der Waals surface area contributed by atoms with Gasteiger partial charge in [-0.05, 0) is 30.2 Å². The highest BCUT2D eigenvalue weighted by Crippen LogP contribution is 2.36. The Morgan fingerprint density at radius 2 is 1.81 bits per heavy atom. The molecule has 0 aliphatic heterocycles. The van der Waals surface area contributed by atoms with Crippen molar-refractivity contribution in [1.29, 1.82) is 0 Å². The van der Waals surface area contributed by atoms with E-state index >= 15 is 0 Å². The molecule has 1 aromatic heterocycles. The SMILES string of the molecule is NC(Cc1cc(Cl)c(OCc2cccc3sc(-c4ccccc4)nc23)c(Cl)c1)C(=O)O.